The van der Waals surface area contributed by atoms with Crippen molar-refractivity contribution in [3.63, 3.8) is 0 Å². The average Bonchev–Trinajstić information content (AvgIpc) is 2.66. The summed E-state index contributed by atoms with van der Waals surface area (Å²) in [6.45, 7) is 0. The second-order valence-electron chi connectivity index (χ2n) is 5.06. The van der Waals surface area contributed by atoms with Gasteiger partial charge in [0.05, 0.1) is 32.0 Å². The van der Waals surface area contributed by atoms with E-state index in [0.29, 0.717) is 33.5 Å². The molecule has 0 aromatic heterocycles. The number of benzene rings is 2. The first-order valence-corrected chi connectivity index (χ1v) is 7.89. The molecular formula is C19H17ClN2O4. The van der Waals surface area contributed by atoms with Gasteiger partial charge in [0.15, 0.2) is 11.5 Å². The van der Waals surface area contributed by atoms with Crippen LogP contribution in [0.3, 0.4) is 0 Å². The molecule has 1 N–H and O–H groups in total. The molecule has 2 rings (SSSR count). The van der Waals surface area contributed by atoms with Crippen LogP contribution in [0.1, 0.15) is 5.56 Å². The molecule has 0 bridgehead atoms. The number of amides is 1. The maximum Gasteiger partial charge on any atom is 0.266 e. The highest BCUT2D eigenvalue weighted by Gasteiger charge is 2.15. The first-order chi connectivity index (χ1) is 12.5. The van der Waals surface area contributed by atoms with E-state index in [2.05, 4.69) is 5.32 Å². The molecule has 0 unspecified atom stereocenters. The molecule has 0 heterocycles. The molecule has 0 fully saturated rings. The van der Waals surface area contributed by atoms with Gasteiger partial charge in [-0.3, -0.25) is 4.79 Å². The molecule has 7 heteroatoms. The SMILES string of the molecule is COc1cc(/C=C(/C#N)C(=O)Nc2ccccc2Cl)cc(OC)c1OC. The van der Waals surface area contributed by atoms with Crippen LogP contribution in [0, 0.1) is 11.3 Å². The Morgan fingerprint density at radius 1 is 1.12 bits per heavy atom. The lowest BCUT2D eigenvalue weighted by Gasteiger charge is -2.13. The quantitative estimate of drug-likeness (QED) is 0.614. The van der Waals surface area contributed by atoms with Gasteiger partial charge in [0.2, 0.25) is 5.75 Å². The highest BCUT2D eigenvalue weighted by atomic mass is 35.5. The Labute approximate surface area is 156 Å². The van der Waals surface area contributed by atoms with Gasteiger partial charge in [0.1, 0.15) is 11.6 Å². The van der Waals surface area contributed by atoms with Gasteiger partial charge in [0, 0.05) is 0 Å². The minimum atomic E-state index is -0.575. The van der Waals surface area contributed by atoms with Gasteiger partial charge < -0.3 is 19.5 Å². The summed E-state index contributed by atoms with van der Waals surface area (Å²) in [6.07, 6.45) is 1.43. The fraction of sp³-hybridized carbons (Fsp3) is 0.158. The molecule has 0 spiro atoms. The molecule has 6 nitrogen and oxygen atoms in total. The average molecular weight is 373 g/mol. The van der Waals surface area contributed by atoms with E-state index in [9.17, 15) is 10.1 Å². The van der Waals surface area contributed by atoms with Crippen molar-refractivity contribution in [1.82, 2.24) is 0 Å². The van der Waals surface area contributed by atoms with E-state index in [1.165, 1.54) is 27.4 Å². The molecule has 2 aromatic carbocycles. The first-order valence-electron chi connectivity index (χ1n) is 7.51. The number of rotatable bonds is 6. The predicted octanol–water partition coefficient (Wildman–Crippen LogP) is 3.91. The van der Waals surface area contributed by atoms with Crippen LogP contribution in [0.5, 0.6) is 17.2 Å². The van der Waals surface area contributed by atoms with Crippen LogP contribution in [-0.4, -0.2) is 27.2 Å². The van der Waals surface area contributed by atoms with Crippen LogP contribution in [0.4, 0.5) is 5.69 Å². The fourth-order valence-corrected chi connectivity index (χ4v) is 2.44. The lowest BCUT2D eigenvalue weighted by Crippen LogP contribution is -2.13. The number of carbonyl (C=O) groups is 1. The number of hydrogen-bond acceptors (Lipinski definition) is 5. The Kier molecular flexibility index (Phi) is 6.48. The minimum Gasteiger partial charge on any atom is -0.493 e. The number of methoxy groups -OCH3 is 3. The van der Waals surface area contributed by atoms with E-state index < -0.39 is 5.91 Å². The van der Waals surface area contributed by atoms with Crippen LogP contribution < -0.4 is 19.5 Å². The number of para-hydroxylation sites is 1. The summed E-state index contributed by atoms with van der Waals surface area (Å²) in [5.74, 6) is 0.685. The molecule has 134 valence electrons. The summed E-state index contributed by atoms with van der Waals surface area (Å²) in [5.41, 5.74) is 0.870. The highest BCUT2D eigenvalue weighted by Crippen LogP contribution is 2.38. The molecule has 0 saturated carbocycles. The summed E-state index contributed by atoms with van der Waals surface area (Å²) in [6, 6.07) is 11.9. The smallest absolute Gasteiger partial charge is 0.266 e. The van der Waals surface area contributed by atoms with E-state index in [-0.39, 0.29) is 5.57 Å². The van der Waals surface area contributed by atoms with Crippen LogP contribution in [-0.2, 0) is 4.79 Å². The molecule has 0 atom stereocenters. The molecular weight excluding hydrogens is 356 g/mol. The molecule has 0 aliphatic rings. The highest BCUT2D eigenvalue weighted by molar-refractivity contribution is 6.34. The maximum atomic E-state index is 12.4. The number of nitrogens with one attached hydrogen (secondary N) is 1. The summed E-state index contributed by atoms with van der Waals surface area (Å²) >= 11 is 6.02. The lowest BCUT2D eigenvalue weighted by atomic mass is 10.1. The first kappa shape index (κ1) is 19.2. The Balaban J connectivity index is 2.38. The van der Waals surface area contributed by atoms with Crippen LogP contribution >= 0.6 is 11.6 Å². The monoisotopic (exact) mass is 372 g/mol. The Bertz CT molecular complexity index is 862. The van der Waals surface area contributed by atoms with Crippen molar-refractivity contribution in [2.24, 2.45) is 0 Å². The van der Waals surface area contributed by atoms with Gasteiger partial charge in [-0.05, 0) is 35.9 Å². The fourth-order valence-electron chi connectivity index (χ4n) is 2.25. The maximum absolute atomic E-state index is 12.4. The van der Waals surface area contributed by atoms with E-state index in [1.54, 1.807) is 36.4 Å². The Hall–Kier alpha value is -3.17. The molecule has 0 saturated heterocycles. The Morgan fingerprint density at radius 2 is 1.73 bits per heavy atom. The van der Waals surface area contributed by atoms with Crippen molar-refractivity contribution in [3.05, 3.63) is 52.6 Å². The second kappa shape index (κ2) is 8.79. The van der Waals surface area contributed by atoms with Crippen molar-refractivity contribution in [3.8, 4) is 23.3 Å². The third-order valence-electron chi connectivity index (χ3n) is 3.49. The predicted molar refractivity (Wildman–Crippen MR) is 99.8 cm³/mol. The van der Waals surface area contributed by atoms with Crippen molar-refractivity contribution in [1.29, 1.82) is 5.26 Å². The van der Waals surface area contributed by atoms with Crippen molar-refractivity contribution >= 4 is 29.3 Å². The summed E-state index contributed by atoms with van der Waals surface area (Å²) in [5, 5.41) is 12.4. The number of halogens is 1. The number of nitrogens with zero attached hydrogens (tertiary/aromatic N) is 1. The van der Waals surface area contributed by atoms with Gasteiger partial charge in [-0.15, -0.1) is 0 Å². The second-order valence-corrected chi connectivity index (χ2v) is 5.47. The molecule has 1 amide bonds. The zero-order chi connectivity index (χ0) is 19.1. The van der Waals surface area contributed by atoms with Crippen molar-refractivity contribution < 1.29 is 19.0 Å². The largest absolute Gasteiger partial charge is 0.493 e. The topological polar surface area (TPSA) is 80.6 Å². The van der Waals surface area contributed by atoms with Crippen LogP contribution in [0.2, 0.25) is 5.02 Å². The zero-order valence-corrected chi connectivity index (χ0v) is 15.3. The molecule has 0 aliphatic heterocycles. The normalized spacial score (nSPS) is 10.7. The van der Waals surface area contributed by atoms with Crippen molar-refractivity contribution in [2.45, 2.75) is 0 Å². The third-order valence-corrected chi connectivity index (χ3v) is 3.81. The zero-order valence-electron chi connectivity index (χ0n) is 14.5. The van der Waals surface area contributed by atoms with E-state index >= 15 is 0 Å². The van der Waals surface area contributed by atoms with Crippen molar-refractivity contribution in [2.75, 3.05) is 26.6 Å². The summed E-state index contributed by atoms with van der Waals surface area (Å²) in [7, 11) is 4.47. The number of hydrogen-bond donors (Lipinski definition) is 1. The van der Waals surface area contributed by atoms with E-state index in [1.807, 2.05) is 6.07 Å². The molecule has 2 aromatic rings. The lowest BCUT2D eigenvalue weighted by molar-refractivity contribution is -0.112. The van der Waals surface area contributed by atoms with Gasteiger partial charge >= 0.3 is 0 Å². The van der Waals surface area contributed by atoms with Crippen LogP contribution in [0.25, 0.3) is 6.08 Å². The van der Waals surface area contributed by atoms with Crippen LogP contribution in [0.15, 0.2) is 42.0 Å². The summed E-state index contributed by atoms with van der Waals surface area (Å²) < 4.78 is 15.8. The molecule has 0 aliphatic carbocycles. The minimum absolute atomic E-state index is 0.0980. The number of carbonyl (C=O) groups excluding carboxylic acids is 1. The van der Waals surface area contributed by atoms with Gasteiger partial charge in [-0.1, -0.05) is 23.7 Å². The number of nitriles is 1. The molecule has 0 radical (unpaired) electrons. The van der Waals surface area contributed by atoms with E-state index in [0.717, 1.165) is 0 Å². The van der Waals surface area contributed by atoms with E-state index in [4.69, 9.17) is 25.8 Å². The standard InChI is InChI=1S/C19H17ClN2O4/c1-24-16-9-12(10-17(25-2)18(16)26-3)8-13(11-21)19(23)22-15-7-5-4-6-14(15)20/h4-10H,1-3H3,(H,22,23)/b13-8-. The van der Waals surface area contributed by atoms with Gasteiger partial charge in [-0.25, -0.2) is 0 Å². The number of ether oxygens (including phenoxy) is 3. The van der Waals surface area contributed by atoms with Gasteiger partial charge in [0.25, 0.3) is 5.91 Å². The third kappa shape index (κ3) is 4.26. The Morgan fingerprint density at radius 3 is 2.23 bits per heavy atom. The molecule has 26 heavy (non-hydrogen) atoms. The summed E-state index contributed by atoms with van der Waals surface area (Å²) in [4.78, 5) is 12.4. The van der Waals surface area contributed by atoms with Gasteiger partial charge in [-0.2, -0.15) is 5.26 Å². The number of anilines is 1.